The lowest BCUT2D eigenvalue weighted by molar-refractivity contribution is 0.628. The van der Waals surface area contributed by atoms with Gasteiger partial charge in [0.25, 0.3) is 0 Å². The topological polar surface area (TPSA) is 53.1 Å². The third-order valence-electron chi connectivity index (χ3n) is 3.39. The van der Waals surface area contributed by atoms with Crippen LogP contribution in [0.3, 0.4) is 0 Å². The summed E-state index contributed by atoms with van der Waals surface area (Å²) in [6.07, 6.45) is 0.853. The molecule has 0 bridgehead atoms. The van der Waals surface area contributed by atoms with Gasteiger partial charge in [-0.25, -0.2) is 4.39 Å². The molecule has 2 N–H and O–H groups in total. The number of nitrogens with two attached hydrogens (primary N) is 1. The molecule has 4 heteroatoms. The molecule has 0 aromatic heterocycles. The molecule has 0 amide bonds. The molecule has 0 atom stereocenters. The zero-order valence-corrected chi connectivity index (χ0v) is 10.2. The van der Waals surface area contributed by atoms with Crippen molar-refractivity contribution in [3.05, 3.63) is 53.3 Å². The van der Waals surface area contributed by atoms with Crippen LogP contribution in [0, 0.1) is 17.1 Å². The average molecular weight is 253 g/mol. The van der Waals surface area contributed by atoms with E-state index in [1.165, 1.54) is 12.1 Å². The minimum absolute atomic E-state index is 0.263. The van der Waals surface area contributed by atoms with Crippen molar-refractivity contribution in [3.8, 4) is 6.07 Å². The highest BCUT2D eigenvalue weighted by Crippen LogP contribution is 2.38. The second-order valence-electron chi connectivity index (χ2n) is 4.56. The number of nitrogens with zero attached hydrogens (tertiary/aromatic N) is 2. The van der Waals surface area contributed by atoms with Crippen LogP contribution in [0.2, 0.25) is 0 Å². The standard InChI is InChI=1S/C15H12FN3/c16-12-3-2-11-5-6-19(14(11)8-12)15-7-10(9-17)1-4-13(15)18/h1-4,7-8H,5-6,18H2. The van der Waals surface area contributed by atoms with Crippen molar-refractivity contribution in [1.82, 2.24) is 0 Å². The van der Waals surface area contributed by atoms with E-state index in [1.807, 2.05) is 4.90 Å². The van der Waals surface area contributed by atoms with Crippen molar-refractivity contribution in [2.45, 2.75) is 6.42 Å². The van der Waals surface area contributed by atoms with Crippen LogP contribution in [0.4, 0.5) is 21.5 Å². The van der Waals surface area contributed by atoms with Gasteiger partial charge in [0, 0.05) is 12.2 Å². The Hall–Kier alpha value is -2.54. The zero-order valence-electron chi connectivity index (χ0n) is 10.2. The first-order chi connectivity index (χ1) is 9.19. The monoisotopic (exact) mass is 253 g/mol. The molecule has 3 rings (SSSR count). The van der Waals surface area contributed by atoms with Crippen molar-refractivity contribution in [3.63, 3.8) is 0 Å². The smallest absolute Gasteiger partial charge is 0.125 e. The number of halogens is 1. The van der Waals surface area contributed by atoms with E-state index in [0.717, 1.165) is 29.9 Å². The molecule has 2 aromatic carbocycles. The first-order valence-electron chi connectivity index (χ1n) is 6.04. The number of fused-ring (bicyclic) bond motifs is 1. The number of hydrogen-bond acceptors (Lipinski definition) is 3. The zero-order chi connectivity index (χ0) is 13.4. The van der Waals surface area contributed by atoms with E-state index in [9.17, 15) is 4.39 Å². The lowest BCUT2D eigenvalue weighted by Gasteiger charge is -2.21. The molecule has 1 aliphatic rings. The molecule has 0 fully saturated rings. The maximum absolute atomic E-state index is 13.4. The predicted molar refractivity (Wildman–Crippen MR) is 72.7 cm³/mol. The van der Waals surface area contributed by atoms with Crippen molar-refractivity contribution >= 4 is 17.1 Å². The van der Waals surface area contributed by atoms with Crippen LogP contribution in [0.5, 0.6) is 0 Å². The Morgan fingerprint density at radius 1 is 1.16 bits per heavy atom. The fourth-order valence-electron chi connectivity index (χ4n) is 2.45. The number of benzene rings is 2. The highest BCUT2D eigenvalue weighted by molar-refractivity contribution is 5.79. The van der Waals surface area contributed by atoms with Crippen molar-refractivity contribution in [1.29, 1.82) is 5.26 Å². The molecule has 0 aliphatic carbocycles. The summed E-state index contributed by atoms with van der Waals surface area (Å²) in [5, 5.41) is 8.97. The molecular weight excluding hydrogens is 241 g/mol. The Morgan fingerprint density at radius 2 is 2.00 bits per heavy atom. The highest BCUT2D eigenvalue weighted by Gasteiger charge is 2.22. The largest absolute Gasteiger partial charge is 0.397 e. The molecule has 0 saturated carbocycles. The van der Waals surface area contributed by atoms with Gasteiger partial charge in [-0.05, 0) is 42.3 Å². The number of anilines is 3. The number of hydrogen-bond donors (Lipinski definition) is 1. The van der Waals surface area contributed by atoms with Crippen LogP contribution in [-0.2, 0) is 6.42 Å². The third-order valence-corrected chi connectivity index (χ3v) is 3.39. The first-order valence-corrected chi connectivity index (χ1v) is 6.04. The van der Waals surface area contributed by atoms with Crippen LogP contribution < -0.4 is 10.6 Å². The summed E-state index contributed by atoms with van der Waals surface area (Å²) in [4.78, 5) is 1.97. The molecule has 0 radical (unpaired) electrons. The quantitative estimate of drug-likeness (QED) is 0.795. The van der Waals surface area contributed by atoms with Crippen molar-refractivity contribution in [2.75, 3.05) is 17.2 Å². The summed E-state index contributed by atoms with van der Waals surface area (Å²) in [6.45, 7) is 0.748. The summed E-state index contributed by atoms with van der Waals surface area (Å²) in [5.74, 6) is -0.263. The minimum Gasteiger partial charge on any atom is -0.397 e. The Bertz CT molecular complexity index is 688. The van der Waals surface area contributed by atoms with E-state index in [0.29, 0.717) is 11.3 Å². The second kappa shape index (κ2) is 4.29. The number of rotatable bonds is 1. The predicted octanol–water partition coefficient (Wildman–Crippen LogP) is 2.97. The lowest BCUT2D eigenvalue weighted by atomic mass is 10.1. The summed E-state index contributed by atoms with van der Waals surface area (Å²) < 4.78 is 13.4. The Morgan fingerprint density at radius 3 is 2.79 bits per heavy atom. The third kappa shape index (κ3) is 1.89. The minimum atomic E-state index is -0.263. The fourth-order valence-corrected chi connectivity index (χ4v) is 2.45. The van der Waals surface area contributed by atoms with Gasteiger partial charge in [0.15, 0.2) is 0 Å². The maximum Gasteiger partial charge on any atom is 0.125 e. The van der Waals surface area contributed by atoms with Gasteiger partial charge in [-0.1, -0.05) is 6.07 Å². The van der Waals surface area contributed by atoms with Gasteiger partial charge in [-0.3, -0.25) is 0 Å². The van der Waals surface area contributed by atoms with Crippen molar-refractivity contribution < 1.29 is 4.39 Å². The van der Waals surface area contributed by atoms with Gasteiger partial charge in [0.1, 0.15) is 5.82 Å². The Kier molecular flexibility index (Phi) is 2.60. The van der Waals surface area contributed by atoms with Crippen molar-refractivity contribution in [2.24, 2.45) is 0 Å². The van der Waals surface area contributed by atoms with Gasteiger partial charge >= 0.3 is 0 Å². The molecule has 0 saturated heterocycles. The van der Waals surface area contributed by atoms with Gasteiger partial charge in [-0.15, -0.1) is 0 Å². The molecular formula is C15H12FN3. The molecule has 0 unspecified atom stereocenters. The second-order valence-corrected chi connectivity index (χ2v) is 4.56. The highest BCUT2D eigenvalue weighted by atomic mass is 19.1. The average Bonchev–Trinajstić information content (AvgIpc) is 2.82. The van der Waals surface area contributed by atoms with E-state index in [2.05, 4.69) is 6.07 Å². The Labute approximate surface area is 110 Å². The van der Waals surface area contributed by atoms with Crippen LogP contribution in [0.25, 0.3) is 0 Å². The summed E-state index contributed by atoms with van der Waals surface area (Å²) in [6, 6.07) is 12.0. The van der Waals surface area contributed by atoms with E-state index in [1.54, 1.807) is 24.3 Å². The molecule has 1 aliphatic heterocycles. The summed E-state index contributed by atoms with van der Waals surface area (Å²) >= 11 is 0. The lowest BCUT2D eigenvalue weighted by Crippen LogP contribution is -2.15. The molecule has 0 spiro atoms. The SMILES string of the molecule is N#Cc1ccc(N)c(N2CCc3ccc(F)cc32)c1. The van der Waals surface area contributed by atoms with Gasteiger partial charge < -0.3 is 10.6 Å². The van der Waals surface area contributed by atoms with E-state index < -0.39 is 0 Å². The van der Waals surface area contributed by atoms with Gasteiger partial charge in [0.05, 0.1) is 23.0 Å². The number of nitriles is 1. The molecule has 94 valence electrons. The molecule has 1 heterocycles. The normalized spacial score (nSPS) is 13.2. The van der Waals surface area contributed by atoms with Gasteiger partial charge in [0.2, 0.25) is 0 Å². The number of nitrogen functional groups attached to an aromatic ring is 1. The molecule has 19 heavy (non-hydrogen) atoms. The Balaban J connectivity index is 2.11. The maximum atomic E-state index is 13.4. The summed E-state index contributed by atoms with van der Waals surface area (Å²) in [7, 11) is 0. The molecule has 2 aromatic rings. The van der Waals surface area contributed by atoms with Gasteiger partial charge in [-0.2, -0.15) is 5.26 Å². The van der Waals surface area contributed by atoms with E-state index in [-0.39, 0.29) is 5.82 Å². The first kappa shape index (κ1) is 11.5. The van der Waals surface area contributed by atoms with Crippen LogP contribution >= 0.6 is 0 Å². The van der Waals surface area contributed by atoms with Crippen LogP contribution in [0.15, 0.2) is 36.4 Å². The van der Waals surface area contributed by atoms with E-state index in [4.69, 9.17) is 11.0 Å². The fraction of sp³-hybridized carbons (Fsp3) is 0.133. The van der Waals surface area contributed by atoms with E-state index >= 15 is 0 Å². The van der Waals surface area contributed by atoms with Crippen LogP contribution in [0.1, 0.15) is 11.1 Å². The molecule has 3 nitrogen and oxygen atoms in total. The van der Waals surface area contributed by atoms with Crippen LogP contribution in [-0.4, -0.2) is 6.54 Å². The summed E-state index contributed by atoms with van der Waals surface area (Å²) in [5.41, 5.74) is 9.82.